The fraction of sp³-hybridized carbons (Fsp3) is 0.146. The summed E-state index contributed by atoms with van der Waals surface area (Å²) < 4.78 is 30.5. The van der Waals surface area contributed by atoms with Crippen molar-refractivity contribution in [1.82, 2.24) is 0 Å². The molecule has 0 spiro atoms. The van der Waals surface area contributed by atoms with Crippen molar-refractivity contribution in [3.05, 3.63) is 168 Å². The standard InChI is InChI=1S/3C15H15N2O2.C2H3N.CH2Cl.ClH.2Mo/c3*1-18-14-7-3-12(4-8-14)16-11-17-13-5-9-15(19-2)10-6-13;1-2-3;1-2;;;/h3*3-11H,1-2H3;1H3;1H2;1H;;/q3*-1;;-1;;+2;+3/p-1. The van der Waals surface area contributed by atoms with Gasteiger partial charge in [-0.05, 0) is 107 Å². The largest absolute Gasteiger partial charge is 3.00 e. The molecule has 0 aliphatic carbocycles. The van der Waals surface area contributed by atoms with Crippen LogP contribution in [0.3, 0.4) is 0 Å². The molecule has 0 unspecified atom stereocenters. The van der Waals surface area contributed by atoms with Gasteiger partial charge >= 0.3 is 42.1 Å². The smallest absolute Gasteiger partial charge is 1.00 e. The number of hydrogen-bond donors (Lipinski definition) is 0. The fourth-order valence-corrected chi connectivity index (χ4v) is 4.50. The molecule has 339 valence electrons. The molecule has 6 aromatic rings. The number of halogens is 2. The zero-order valence-electron chi connectivity index (χ0n) is 36.9. The summed E-state index contributed by atoms with van der Waals surface area (Å²) in [6.45, 7) is 1.43. The van der Waals surface area contributed by atoms with Crippen LogP contribution in [0.2, 0.25) is 0 Å². The summed E-state index contributed by atoms with van der Waals surface area (Å²) in [6, 6.07) is 46.6. The Morgan fingerprint density at radius 1 is 0.415 bits per heavy atom. The van der Waals surface area contributed by atoms with Gasteiger partial charge in [0.15, 0.2) is 0 Å². The summed E-state index contributed by atoms with van der Waals surface area (Å²) in [6.07, 6.45) is 7.32. The maximum Gasteiger partial charge on any atom is 3.00 e. The normalized spacial score (nSPS) is 9.35. The zero-order valence-corrected chi connectivity index (χ0v) is 42.5. The predicted molar refractivity (Wildman–Crippen MR) is 254 cm³/mol. The first kappa shape index (κ1) is 61.1. The van der Waals surface area contributed by atoms with Gasteiger partial charge in [0.05, 0.1) is 48.7 Å². The quantitative estimate of drug-likeness (QED) is 0.0428. The first-order valence-electron chi connectivity index (χ1n) is 18.5. The number of nitriles is 1. The van der Waals surface area contributed by atoms with Crippen LogP contribution < -0.4 is 40.8 Å². The molecule has 0 aliphatic rings. The third kappa shape index (κ3) is 25.8. The molecular formula is C48H50Cl2Mo2N7O6. The Morgan fingerprint density at radius 2 is 0.569 bits per heavy atom. The second kappa shape index (κ2) is 38.4. The summed E-state index contributed by atoms with van der Waals surface area (Å²) in [5.41, 5.74) is 4.99. The second-order valence-electron chi connectivity index (χ2n) is 11.5. The van der Waals surface area contributed by atoms with E-state index < -0.39 is 0 Å². The number of hydrogen-bond acceptors (Lipinski definition) is 10. The van der Waals surface area contributed by atoms with Crippen molar-refractivity contribution in [2.75, 3.05) is 42.7 Å². The summed E-state index contributed by atoms with van der Waals surface area (Å²) in [5.74, 6) is 4.87. The van der Waals surface area contributed by atoms with Gasteiger partial charge in [-0.3, -0.25) is 6.38 Å². The Labute approximate surface area is 423 Å². The molecule has 6 aromatic carbocycles. The van der Waals surface area contributed by atoms with Crippen LogP contribution in [-0.2, 0) is 42.1 Å². The predicted octanol–water partition coefficient (Wildman–Crippen LogP) is 10.8. The fourth-order valence-electron chi connectivity index (χ4n) is 4.50. The number of methoxy groups -OCH3 is 6. The molecule has 13 nitrogen and oxygen atoms in total. The molecule has 0 aromatic heterocycles. The minimum absolute atomic E-state index is 0. The summed E-state index contributed by atoms with van der Waals surface area (Å²) in [7, 11) is 9.82. The van der Waals surface area contributed by atoms with Crippen LogP contribution >= 0.6 is 11.6 Å². The van der Waals surface area contributed by atoms with Crippen LogP contribution in [0, 0.1) is 17.7 Å². The molecule has 0 amide bonds. The number of ether oxygens (including phenoxy) is 6. The summed E-state index contributed by atoms with van der Waals surface area (Å²) in [5, 5.41) is 20.0. The van der Waals surface area contributed by atoms with Crippen LogP contribution in [0.4, 0.5) is 34.1 Å². The molecule has 0 bridgehead atoms. The maximum absolute atomic E-state index is 7.32. The van der Waals surface area contributed by atoms with Crippen LogP contribution in [0.1, 0.15) is 6.92 Å². The Morgan fingerprint density at radius 3 is 0.723 bits per heavy atom. The Kier molecular flexibility index (Phi) is 36.1. The van der Waals surface area contributed by atoms with E-state index in [0.29, 0.717) is 0 Å². The number of aliphatic imine (C=N–C) groups is 3. The van der Waals surface area contributed by atoms with E-state index in [0.717, 1.165) is 68.6 Å². The van der Waals surface area contributed by atoms with Gasteiger partial charge < -0.3 is 83.4 Å². The van der Waals surface area contributed by atoms with Gasteiger partial charge in [-0.2, -0.15) is 5.26 Å². The van der Waals surface area contributed by atoms with E-state index in [-0.39, 0.29) is 54.5 Å². The van der Waals surface area contributed by atoms with Crippen molar-refractivity contribution < 1.29 is 83.0 Å². The van der Waals surface area contributed by atoms with Gasteiger partial charge in [-0.15, -0.1) is 0 Å². The SMILES string of the molecule is CC#N.COc1ccc(N=C[N-]c2ccc(OC)cc2)cc1.COc1ccc(N=C[N-]c2ccc(OC)cc2)cc1.COc1ccc(N=C[N-]c2ccc(OC)cc2)cc1.[CH2-]Cl.[Cl-].[Mo+2].[Mo+3]. The van der Waals surface area contributed by atoms with Gasteiger partial charge in [0, 0.05) is 6.92 Å². The third-order valence-electron chi connectivity index (χ3n) is 7.68. The van der Waals surface area contributed by atoms with Gasteiger partial charge in [0.1, 0.15) is 34.5 Å². The van der Waals surface area contributed by atoms with Crippen molar-refractivity contribution in [2.24, 2.45) is 15.0 Å². The molecule has 65 heavy (non-hydrogen) atoms. The van der Waals surface area contributed by atoms with E-state index in [2.05, 4.69) is 48.9 Å². The monoisotopic (exact) mass is 1090 g/mol. The topological polar surface area (TPSA) is 159 Å². The minimum Gasteiger partial charge on any atom is -1.00 e. The van der Waals surface area contributed by atoms with E-state index in [9.17, 15) is 0 Å². The van der Waals surface area contributed by atoms with Crippen molar-refractivity contribution in [3.63, 3.8) is 0 Å². The average Bonchev–Trinajstić information content (AvgIpc) is 3.34. The first-order chi connectivity index (χ1) is 30.4. The van der Waals surface area contributed by atoms with Crippen molar-refractivity contribution >= 4 is 64.7 Å². The summed E-state index contributed by atoms with van der Waals surface area (Å²) in [4.78, 5) is 12.7. The van der Waals surface area contributed by atoms with E-state index in [1.807, 2.05) is 146 Å². The Hall–Kier alpha value is -6.02. The third-order valence-corrected chi connectivity index (χ3v) is 7.68. The van der Waals surface area contributed by atoms with Gasteiger partial charge in [-0.25, -0.2) is 0 Å². The zero-order chi connectivity index (χ0) is 45.2. The number of rotatable bonds is 15. The van der Waals surface area contributed by atoms with Gasteiger partial charge in [0.25, 0.3) is 0 Å². The number of benzene rings is 6. The number of nitrogens with zero attached hydrogens (tertiary/aromatic N) is 7. The van der Waals surface area contributed by atoms with Crippen LogP contribution in [0.5, 0.6) is 34.5 Å². The summed E-state index contributed by atoms with van der Waals surface area (Å²) >= 11 is 4.39. The molecule has 0 N–H and O–H groups in total. The van der Waals surface area contributed by atoms with E-state index in [1.165, 1.54) is 25.9 Å². The van der Waals surface area contributed by atoms with Crippen LogP contribution in [0.25, 0.3) is 16.0 Å². The van der Waals surface area contributed by atoms with E-state index in [4.69, 9.17) is 33.7 Å². The molecule has 0 atom stereocenters. The molecule has 0 fully saturated rings. The molecule has 6 rings (SSSR count). The average molecular weight is 1080 g/mol. The molecular weight excluding hydrogens is 1030 g/mol. The Bertz CT molecular complexity index is 1970. The maximum atomic E-state index is 7.32. The van der Waals surface area contributed by atoms with Crippen molar-refractivity contribution in [3.8, 4) is 40.6 Å². The first-order valence-corrected chi connectivity index (χ1v) is 19.0. The van der Waals surface area contributed by atoms with Crippen molar-refractivity contribution in [1.29, 1.82) is 5.26 Å². The van der Waals surface area contributed by atoms with Crippen LogP contribution in [0.15, 0.2) is 161 Å². The van der Waals surface area contributed by atoms with E-state index in [1.54, 1.807) is 48.7 Å². The molecule has 0 aliphatic heterocycles. The molecule has 0 saturated heterocycles. The van der Waals surface area contributed by atoms with Crippen molar-refractivity contribution in [2.45, 2.75) is 6.92 Å². The van der Waals surface area contributed by atoms with E-state index >= 15 is 0 Å². The molecule has 0 saturated carbocycles. The molecule has 17 heteroatoms. The minimum atomic E-state index is 0. The molecule has 0 heterocycles. The van der Waals surface area contributed by atoms with Gasteiger partial charge in [0.2, 0.25) is 0 Å². The van der Waals surface area contributed by atoms with Crippen LogP contribution in [-0.4, -0.2) is 61.7 Å². The Balaban J connectivity index is 0. The molecule has 1 radical (unpaired) electrons. The second-order valence-corrected chi connectivity index (χ2v) is 11.5. The van der Waals surface area contributed by atoms with Gasteiger partial charge in [-0.1, -0.05) is 91.8 Å².